The maximum atomic E-state index is 6.33. The van der Waals surface area contributed by atoms with Crippen LogP contribution in [0.25, 0.3) is 0 Å². The normalized spacial score (nSPS) is 40.9. The summed E-state index contributed by atoms with van der Waals surface area (Å²) in [6.07, 6.45) is 9.00. The lowest BCUT2D eigenvalue weighted by atomic mass is 9.48. The van der Waals surface area contributed by atoms with Gasteiger partial charge in [0.05, 0.1) is 13.2 Å². The molecule has 6 fully saturated rings. The summed E-state index contributed by atoms with van der Waals surface area (Å²) in [4.78, 5) is 0. The minimum atomic E-state index is 0.275. The second-order valence-electron chi connectivity index (χ2n) is 9.84. The van der Waals surface area contributed by atoms with Crippen LogP contribution in [0.4, 0.5) is 0 Å². The molecule has 6 aliphatic rings. The Morgan fingerprint density at radius 2 is 1.37 bits per heavy atom. The number of epoxide rings is 2. The average molecular weight is 370 g/mol. The molecule has 4 nitrogen and oxygen atoms in total. The van der Waals surface area contributed by atoms with E-state index < -0.39 is 0 Å². The van der Waals surface area contributed by atoms with E-state index in [1.807, 2.05) is 0 Å². The van der Waals surface area contributed by atoms with Gasteiger partial charge in [0.2, 0.25) is 0 Å². The Morgan fingerprint density at radius 3 is 1.89 bits per heavy atom. The molecule has 2 unspecified atom stereocenters. The SMILES string of the molecule is Cc1cc(C23CC4CC(CC(C4)C2)C3)c(OCC2CO2)cc1OCC1CO1. The van der Waals surface area contributed by atoms with Crippen molar-refractivity contribution in [3.63, 3.8) is 0 Å². The maximum absolute atomic E-state index is 6.33. The van der Waals surface area contributed by atoms with Gasteiger partial charge < -0.3 is 18.9 Å². The molecular weight excluding hydrogens is 340 g/mol. The third kappa shape index (κ3) is 3.15. The van der Waals surface area contributed by atoms with Crippen molar-refractivity contribution in [2.45, 2.75) is 63.1 Å². The van der Waals surface area contributed by atoms with Crippen molar-refractivity contribution < 1.29 is 18.9 Å². The molecule has 0 amide bonds. The van der Waals surface area contributed by atoms with Crippen LogP contribution in [-0.2, 0) is 14.9 Å². The van der Waals surface area contributed by atoms with Gasteiger partial charge in [0, 0.05) is 11.6 Å². The Hall–Kier alpha value is -1.26. The molecule has 1 aromatic rings. The Labute approximate surface area is 161 Å². The van der Waals surface area contributed by atoms with Crippen molar-refractivity contribution in [3.05, 3.63) is 23.3 Å². The molecule has 0 radical (unpaired) electrons. The van der Waals surface area contributed by atoms with Crippen LogP contribution in [0.5, 0.6) is 11.5 Å². The van der Waals surface area contributed by atoms with E-state index >= 15 is 0 Å². The first-order valence-electron chi connectivity index (χ1n) is 10.8. The van der Waals surface area contributed by atoms with Crippen LogP contribution < -0.4 is 9.47 Å². The standard InChI is InChI=1S/C23H30O4/c1-14-2-20(23-7-15-3-16(8-23)5-17(4-15)9-23)22(27-13-19-11-25-19)6-21(14)26-12-18-10-24-18/h2,6,15-19H,3-5,7-13H2,1H3. The van der Waals surface area contributed by atoms with Gasteiger partial charge in [0.1, 0.15) is 36.9 Å². The molecule has 2 saturated heterocycles. The van der Waals surface area contributed by atoms with E-state index in [-0.39, 0.29) is 12.2 Å². The van der Waals surface area contributed by atoms with E-state index in [1.165, 1.54) is 49.7 Å². The summed E-state index contributed by atoms with van der Waals surface area (Å²) in [5.74, 6) is 4.78. The van der Waals surface area contributed by atoms with Crippen LogP contribution in [0.1, 0.15) is 49.7 Å². The molecule has 7 rings (SSSR count). The van der Waals surface area contributed by atoms with Crippen LogP contribution in [0.2, 0.25) is 0 Å². The molecule has 4 aliphatic carbocycles. The van der Waals surface area contributed by atoms with Crippen molar-refractivity contribution in [3.8, 4) is 11.5 Å². The summed E-state index contributed by atoms with van der Waals surface area (Å²) in [5.41, 5.74) is 3.02. The predicted molar refractivity (Wildman–Crippen MR) is 101 cm³/mol. The first-order chi connectivity index (χ1) is 13.2. The van der Waals surface area contributed by atoms with E-state index in [9.17, 15) is 0 Å². The minimum Gasteiger partial charge on any atom is -0.490 e. The largest absolute Gasteiger partial charge is 0.490 e. The molecule has 2 atom stereocenters. The predicted octanol–water partition coefficient (Wildman–Crippen LogP) is 4.02. The fourth-order valence-electron chi connectivity index (χ4n) is 6.49. The first kappa shape index (κ1) is 16.7. The molecule has 4 heteroatoms. The fraction of sp³-hybridized carbons (Fsp3) is 0.739. The van der Waals surface area contributed by atoms with Gasteiger partial charge in [-0.05, 0) is 80.2 Å². The number of benzene rings is 1. The minimum absolute atomic E-state index is 0.275. The van der Waals surface area contributed by atoms with Crippen LogP contribution in [-0.4, -0.2) is 38.6 Å². The topological polar surface area (TPSA) is 43.5 Å². The zero-order valence-corrected chi connectivity index (χ0v) is 16.2. The van der Waals surface area contributed by atoms with Gasteiger partial charge in [0.15, 0.2) is 0 Å². The van der Waals surface area contributed by atoms with Crippen LogP contribution in [0.15, 0.2) is 12.1 Å². The van der Waals surface area contributed by atoms with E-state index in [0.717, 1.165) is 42.5 Å². The van der Waals surface area contributed by atoms with Crippen molar-refractivity contribution in [1.82, 2.24) is 0 Å². The quantitative estimate of drug-likeness (QED) is 0.680. The van der Waals surface area contributed by atoms with E-state index in [0.29, 0.717) is 18.6 Å². The molecule has 0 spiro atoms. The highest BCUT2D eigenvalue weighted by molar-refractivity contribution is 5.50. The summed E-state index contributed by atoms with van der Waals surface area (Å²) in [6, 6.07) is 4.55. The summed E-state index contributed by atoms with van der Waals surface area (Å²) in [6.45, 7) is 5.14. The molecule has 0 N–H and O–H groups in total. The van der Waals surface area contributed by atoms with Gasteiger partial charge in [-0.3, -0.25) is 0 Å². The van der Waals surface area contributed by atoms with Gasteiger partial charge in [-0.1, -0.05) is 0 Å². The highest BCUT2D eigenvalue weighted by Gasteiger charge is 2.52. The highest BCUT2D eigenvalue weighted by atomic mass is 16.6. The molecule has 4 saturated carbocycles. The van der Waals surface area contributed by atoms with Gasteiger partial charge in [-0.2, -0.15) is 0 Å². The highest BCUT2D eigenvalue weighted by Crippen LogP contribution is 2.62. The van der Waals surface area contributed by atoms with Gasteiger partial charge in [-0.15, -0.1) is 0 Å². The lowest BCUT2D eigenvalue weighted by Crippen LogP contribution is -2.48. The monoisotopic (exact) mass is 370 g/mol. The second kappa shape index (κ2) is 6.12. The van der Waals surface area contributed by atoms with Gasteiger partial charge >= 0.3 is 0 Å². The lowest BCUT2D eigenvalue weighted by Gasteiger charge is -2.57. The van der Waals surface area contributed by atoms with Gasteiger partial charge in [0.25, 0.3) is 0 Å². The summed E-state index contributed by atoms with van der Waals surface area (Å²) in [7, 11) is 0. The number of hydrogen-bond donors (Lipinski definition) is 0. The molecule has 4 bridgehead atoms. The maximum Gasteiger partial charge on any atom is 0.126 e. The van der Waals surface area contributed by atoms with Crippen LogP contribution >= 0.6 is 0 Å². The molecule has 2 heterocycles. The summed E-state index contributed by atoms with van der Waals surface area (Å²) >= 11 is 0. The Kier molecular flexibility index (Phi) is 3.78. The zero-order chi connectivity index (χ0) is 18.0. The van der Waals surface area contributed by atoms with E-state index in [2.05, 4.69) is 19.1 Å². The molecule has 146 valence electrons. The van der Waals surface area contributed by atoms with E-state index in [1.54, 1.807) is 0 Å². The molecule has 27 heavy (non-hydrogen) atoms. The van der Waals surface area contributed by atoms with Gasteiger partial charge in [-0.25, -0.2) is 0 Å². The third-order valence-electron chi connectivity index (χ3n) is 7.54. The van der Waals surface area contributed by atoms with Crippen molar-refractivity contribution >= 4 is 0 Å². The summed E-state index contributed by atoms with van der Waals surface area (Å²) < 4.78 is 23.1. The smallest absolute Gasteiger partial charge is 0.126 e. The number of hydrogen-bond acceptors (Lipinski definition) is 4. The lowest BCUT2D eigenvalue weighted by molar-refractivity contribution is -0.00650. The number of ether oxygens (including phenoxy) is 4. The number of rotatable bonds is 7. The van der Waals surface area contributed by atoms with Crippen molar-refractivity contribution in [2.24, 2.45) is 17.8 Å². The molecule has 0 aromatic heterocycles. The average Bonchev–Trinajstić information content (AvgIpc) is 3.52. The molecule has 1 aromatic carbocycles. The zero-order valence-electron chi connectivity index (χ0n) is 16.2. The fourth-order valence-corrected chi connectivity index (χ4v) is 6.49. The summed E-state index contributed by atoms with van der Waals surface area (Å²) in [5, 5.41) is 0. The second-order valence-corrected chi connectivity index (χ2v) is 9.84. The first-order valence-corrected chi connectivity index (χ1v) is 10.8. The Morgan fingerprint density at radius 1 is 0.852 bits per heavy atom. The Bertz CT molecular complexity index is 699. The number of aryl methyl sites for hydroxylation is 1. The Balaban J connectivity index is 1.34. The molecular formula is C23H30O4. The molecule has 2 aliphatic heterocycles. The van der Waals surface area contributed by atoms with Crippen LogP contribution in [0.3, 0.4) is 0 Å². The van der Waals surface area contributed by atoms with Crippen LogP contribution in [0, 0.1) is 24.7 Å². The van der Waals surface area contributed by atoms with Crippen molar-refractivity contribution in [1.29, 1.82) is 0 Å². The van der Waals surface area contributed by atoms with Crippen molar-refractivity contribution in [2.75, 3.05) is 26.4 Å². The third-order valence-corrected chi connectivity index (χ3v) is 7.54. The van der Waals surface area contributed by atoms with E-state index in [4.69, 9.17) is 18.9 Å².